The molecule has 1 saturated carbocycles. The number of nitro groups is 1. The van der Waals surface area contributed by atoms with Gasteiger partial charge in [0.25, 0.3) is 11.6 Å². The molecule has 1 aromatic rings. The Morgan fingerprint density at radius 2 is 2.00 bits per heavy atom. The molecule has 1 N–H and O–H groups in total. The minimum Gasteiger partial charge on any atom is -0.496 e. The van der Waals surface area contributed by atoms with Crippen molar-refractivity contribution in [2.24, 2.45) is 10.8 Å². The molecular weight excluding hydrogens is 328 g/mol. The standard InChI is InChI=1S/C17H20N2O6/c1-15(2)16(3)7-8-17(15,25-14(16)21)13(20)18-11-6-5-10(24-4)9-12(11)19(22)23/h5-6,9H,7-8H2,1-4H3,(H,18,20)/t16-,17-/m0/s1. The topological polar surface area (TPSA) is 108 Å². The number of amides is 1. The van der Waals surface area contributed by atoms with E-state index in [-0.39, 0.29) is 11.4 Å². The number of esters is 1. The molecule has 3 rings (SSSR count). The van der Waals surface area contributed by atoms with E-state index in [0.717, 1.165) is 0 Å². The number of nitro benzene ring substituents is 1. The van der Waals surface area contributed by atoms with Crippen molar-refractivity contribution in [3.63, 3.8) is 0 Å². The third-order valence-corrected chi connectivity index (χ3v) is 6.10. The quantitative estimate of drug-likeness (QED) is 0.509. The number of fused-ring (bicyclic) bond motifs is 2. The number of benzene rings is 1. The minimum atomic E-state index is -1.33. The zero-order valence-corrected chi connectivity index (χ0v) is 14.5. The molecule has 8 heteroatoms. The fourth-order valence-electron chi connectivity index (χ4n) is 3.87. The summed E-state index contributed by atoms with van der Waals surface area (Å²) in [7, 11) is 1.40. The summed E-state index contributed by atoms with van der Waals surface area (Å²) < 4.78 is 10.5. The van der Waals surface area contributed by atoms with E-state index in [0.29, 0.717) is 18.6 Å². The van der Waals surface area contributed by atoms with Crippen molar-refractivity contribution in [2.75, 3.05) is 12.4 Å². The maximum absolute atomic E-state index is 13.0. The molecule has 2 aliphatic rings. The van der Waals surface area contributed by atoms with Crippen LogP contribution in [0.15, 0.2) is 18.2 Å². The van der Waals surface area contributed by atoms with E-state index in [4.69, 9.17) is 9.47 Å². The Bertz CT molecular complexity index is 789. The summed E-state index contributed by atoms with van der Waals surface area (Å²) in [5.41, 5.74) is -3.03. The van der Waals surface area contributed by atoms with Crippen molar-refractivity contribution in [2.45, 2.75) is 39.2 Å². The van der Waals surface area contributed by atoms with Gasteiger partial charge in [0.1, 0.15) is 11.4 Å². The van der Waals surface area contributed by atoms with Crippen LogP contribution < -0.4 is 10.1 Å². The van der Waals surface area contributed by atoms with Crippen LogP contribution in [0, 0.1) is 20.9 Å². The molecule has 1 amide bonds. The average Bonchev–Trinajstić information content (AvgIpc) is 2.85. The van der Waals surface area contributed by atoms with Gasteiger partial charge in [-0.2, -0.15) is 0 Å². The van der Waals surface area contributed by atoms with Crippen LogP contribution in [-0.4, -0.2) is 29.5 Å². The van der Waals surface area contributed by atoms with Crippen LogP contribution in [0.25, 0.3) is 0 Å². The van der Waals surface area contributed by atoms with Crippen molar-refractivity contribution in [1.29, 1.82) is 0 Å². The van der Waals surface area contributed by atoms with Crippen molar-refractivity contribution < 1.29 is 24.0 Å². The summed E-state index contributed by atoms with van der Waals surface area (Å²) in [5.74, 6) is -0.632. The van der Waals surface area contributed by atoms with Gasteiger partial charge in [0, 0.05) is 5.41 Å². The smallest absolute Gasteiger partial charge is 0.313 e. The molecule has 2 fully saturated rings. The predicted octanol–water partition coefficient (Wildman–Crippen LogP) is 2.66. The maximum atomic E-state index is 13.0. The number of rotatable bonds is 4. The lowest BCUT2D eigenvalue weighted by atomic mass is 9.66. The zero-order valence-electron chi connectivity index (χ0n) is 14.5. The minimum absolute atomic E-state index is 0.0394. The van der Waals surface area contributed by atoms with Crippen LogP contribution in [0.4, 0.5) is 11.4 Å². The predicted molar refractivity (Wildman–Crippen MR) is 88.2 cm³/mol. The number of carbonyl (C=O) groups excluding carboxylic acids is 2. The van der Waals surface area contributed by atoms with E-state index in [1.165, 1.54) is 25.3 Å². The Balaban J connectivity index is 1.97. The van der Waals surface area contributed by atoms with Gasteiger partial charge in [-0.05, 0) is 31.9 Å². The van der Waals surface area contributed by atoms with E-state index in [9.17, 15) is 19.7 Å². The molecule has 134 valence electrons. The molecule has 0 unspecified atom stereocenters. The van der Waals surface area contributed by atoms with Gasteiger partial charge in [-0.25, -0.2) is 0 Å². The monoisotopic (exact) mass is 348 g/mol. The number of hydrogen-bond donors (Lipinski definition) is 1. The van der Waals surface area contributed by atoms with E-state index in [2.05, 4.69) is 5.32 Å². The fourth-order valence-corrected chi connectivity index (χ4v) is 3.87. The Kier molecular flexibility index (Phi) is 3.56. The van der Waals surface area contributed by atoms with Crippen molar-refractivity contribution >= 4 is 23.3 Å². The Labute approximate surface area is 144 Å². The summed E-state index contributed by atoms with van der Waals surface area (Å²) in [6.07, 6.45) is 0.926. The molecule has 2 bridgehead atoms. The normalized spacial score (nSPS) is 29.2. The van der Waals surface area contributed by atoms with E-state index in [1.807, 2.05) is 13.8 Å². The van der Waals surface area contributed by atoms with Gasteiger partial charge in [0.15, 0.2) is 5.60 Å². The number of nitrogens with zero attached hydrogens (tertiary/aromatic N) is 1. The zero-order chi connectivity index (χ0) is 18.6. The molecule has 25 heavy (non-hydrogen) atoms. The molecular formula is C17H20N2O6. The van der Waals surface area contributed by atoms with Crippen LogP contribution in [0.1, 0.15) is 33.6 Å². The number of methoxy groups -OCH3 is 1. The summed E-state index contributed by atoms with van der Waals surface area (Å²) in [6, 6.07) is 4.16. The molecule has 1 aromatic carbocycles. The maximum Gasteiger partial charge on any atom is 0.313 e. The first kappa shape index (κ1) is 17.2. The van der Waals surface area contributed by atoms with E-state index < -0.39 is 33.2 Å². The number of hydrogen-bond acceptors (Lipinski definition) is 6. The third kappa shape index (κ3) is 2.06. The Morgan fingerprint density at radius 3 is 2.48 bits per heavy atom. The largest absolute Gasteiger partial charge is 0.496 e. The number of nitrogens with one attached hydrogen (secondary N) is 1. The molecule has 1 saturated heterocycles. The van der Waals surface area contributed by atoms with Gasteiger partial charge >= 0.3 is 5.97 Å². The average molecular weight is 348 g/mol. The lowest BCUT2D eigenvalue weighted by molar-refractivity contribution is -0.384. The summed E-state index contributed by atoms with van der Waals surface area (Å²) in [5, 5.41) is 13.9. The second-order valence-corrected chi connectivity index (χ2v) is 7.27. The second kappa shape index (κ2) is 5.18. The molecule has 0 aromatic heterocycles. The van der Waals surface area contributed by atoms with Crippen LogP contribution in [0.5, 0.6) is 5.75 Å². The van der Waals surface area contributed by atoms with Crippen molar-refractivity contribution in [1.82, 2.24) is 0 Å². The first-order chi connectivity index (χ1) is 11.6. The first-order valence-corrected chi connectivity index (χ1v) is 7.96. The van der Waals surface area contributed by atoms with Gasteiger partial charge in [0.2, 0.25) is 0 Å². The summed E-state index contributed by atoms with van der Waals surface area (Å²) in [6.45, 7) is 5.45. The third-order valence-electron chi connectivity index (χ3n) is 6.10. The SMILES string of the molecule is COc1ccc(NC(=O)[C@]23CC[C@@](C)(C(=O)O2)C3(C)C)c([N+](=O)[O-])c1. The molecule has 1 aliphatic carbocycles. The van der Waals surface area contributed by atoms with Crippen LogP contribution in [-0.2, 0) is 14.3 Å². The molecule has 0 radical (unpaired) electrons. The summed E-state index contributed by atoms with van der Waals surface area (Å²) >= 11 is 0. The van der Waals surface area contributed by atoms with Crippen LogP contribution in [0.3, 0.4) is 0 Å². The number of anilines is 1. The Morgan fingerprint density at radius 1 is 1.32 bits per heavy atom. The lowest BCUT2D eigenvalue weighted by Gasteiger charge is -2.35. The molecule has 1 heterocycles. The highest BCUT2D eigenvalue weighted by Gasteiger charge is 2.75. The molecule has 1 aliphatic heterocycles. The highest BCUT2D eigenvalue weighted by Crippen LogP contribution is 2.65. The lowest BCUT2D eigenvalue weighted by Crippen LogP contribution is -2.50. The summed E-state index contributed by atoms with van der Waals surface area (Å²) in [4.78, 5) is 35.9. The van der Waals surface area contributed by atoms with Gasteiger partial charge in [-0.3, -0.25) is 19.7 Å². The second-order valence-electron chi connectivity index (χ2n) is 7.27. The Hall–Kier alpha value is -2.64. The molecule has 2 atom stereocenters. The van der Waals surface area contributed by atoms with Crippen molar-refractivity contribution in [3.05, 3.63) is 28.3 Å². The van der Waals surface area contributed by atoms with Crippen LogP contribution in [0.2, 0.25) is 0 Å². The number of ether oxygens (including phenoxy) is 2. The fraction of sp³-hybridized carbons (Fsp3) is 0.529. The van der Waals surface area contributed by atoms with E-state index >= 15 is 0 Å². The van der Waals surface area contributed by atoms with Gasteiger partial charge in [-0.1, -0.05) is 13.8 Å². The number of carbonyl (C=O) groups is 2. The van der Waals surface area contributed by atoms with Crippen LogP contribution >= 0.6 is 0 Å². The first-order valence-electron chi connectivity index (χ1n) is 7.96. The highest BCUT2D eigenvalue weighted by molar-refractivity contribution is 6.04. The highest BCUT2D eigenvalue weighted by atomic mass is 16.6. The van der Waals surface area contributed by atoms with E-state index in [1.54, 1.807) is 6.92 Å². The van der Waals surface area contributed by atoms with Gasteiger partial charge < -0.3 is 14.8 Å². The van der Waals surface area contributed by atoms with Crippen molar-refractivity contribution in [3.8, 4) is 5.75 Å². The van der Waals surface area contributed by atoms with Gasteiger partial charge in [-0.15, -0.1) is 0 Å². The molecule has 0 spiro atoms. The van der Waals surface area contributed by atoms with Gasteiger partial charge in [0.05, 0.1) is 23.5 Å². The molecule has 8 nitrogen and oxygen atoms in total.